The number of H-pyrrole nitrogens is 1. The third kappa shape index (κ3) is 2.76. The number of amides is 1. The summed E-state index contributed by atoms with van der Waals surface area (Å²) in [4.78, 5) is 29.1. The van der Waals surface area contributed by atoms with E-state index in [9.17, 15) is 9.59 Å². The van der Waals surface area contributed by atoms with Gasteiger partial charge in [0, 0.05) is 17.6 Å². The monoisotopic (exact) mass is 299 g/mol. The van der Waals surface area contributed by atoms with Crippen LogP contribution in [0.5, 0.6) is 0 Å². The van der Waals surface area contributed by atoms with E-state index in [-0.39, 0.29) is 11.5 Å². The van der Waals surface area contributed by atoms with Crippen molar-refractivity contribution in [1.82, 2.24) is 15.2 Å². The molecule has 0 saturated heterocycles. The van der Waals surface area contributed by atoms with Gasteiger partial charge in [-0.15, -0.1) is 0 Å². The van der Waals surface area contributed by atoms with Crippen LogP contribution in [0.3, 0.4) is 0 Å². The zero-order valence-electron chi connectivity index (χ0n) is 12.8. The van der Waals surface area contributed by atoms with Gasteiger partial charge in [0.1, 0.15) is 0 Å². The van der Waals surface area contributed by atoms with Gasteiger partial charge in [0.15, 0.2) is 0 Å². The average molecular weight is 299 g/mol. The molecule has 2 heterocycles. The van der Waals surface area contributed by atoms with Crippen molar-refractivity contribution >= 4 is 16.7 Å². The van der Waals surface area contributed by atoms with Crippen LogP contribution in [0.1, 0.15) is 24.6 Å². The van der Waals surface area contributed by atoms with Crippen molar-refractivity contribution in [1.29, 1.82) is 0 Å². The second kappa shape index (κ2) is 6.32. The summed E-state index contributed by atoms with van der Waals surface area (Å²) in [6, 6.07) is 7.67. The molecule has 0 saturated carbocycles. The van der Waals surface area contributed by atoms with E-state index in [0.717, 1.165) is 35.9 Å². The van der Waals surface area contributed by atoms with Crippen LogP contribution < -0.4 is 10.9 Å². The molecule has 1 aliphatic rings. The van der Waals surface area contributed by atoms with Crippen molar-refractivity contribution in [3.63, 3.8) is 0 Å². The van der Waals surface area contributed by atoms with Crippen LogP contribution in [0, 0.1) is 0 Å². The molecular formula is C17H21N3O2. The molecular weight excluding hydrogens is 278 g/mol. The molecule has 0 spiro atoms. The van der Waals surface area contributed by atoms with Crippen LogP contribution in [0.25, 0.3) is 10.8 Å². The Labute approximate surface area is 129 Å². The molecule has 22 heavy (non-hydrogen) atoms. The van der Waals surface area contributed by atoms with Gasteiger partial charge < -0.3 is 15.2 Å². The van der Waals surface area contributed by atoms with Gasteiger partial charge in [0.05, 0.1) is 13.1 Å². The molecule has 0 unspecified atom stereocenters. The fraction of sp³-hybridized carbons (Fsp3) is 0.412. The Balaban J connectivity index is 1.84. The van der Waals surface area contributed by atoms with E-state index in [1.807, 2.05) is 29.2 Å². The SMILES string of the molecule is CCCNCC(=O)N1CCc2c([nH]c(=O)c3ccccc23)C1. The van der Waals surface area contributed by atoms with E-state index in [1.165, 1.54) is 5.56 Å². The molecule has 3 rings (SSSR count). The van der Waals surface area contributed by atoms with Gasteiger partial charge in [-0.1, -0.05) is 25.1 Å². The summed E-state index contributed by atoms with van der Waals surface area (Å²) in [5, 5.41) is 4.87. The minimum Gasteiger partial charge on any atom is -0.335 e. The van der Waals surface area contributed by atoms with Crippen LogP contribution in [0.2, 0.25) is 0 Å². The maximum absolute atomic E-state index is 12.2. The third-order valence-corrected chi connectivity index (χ3v) is 4.16. The van der Waals surface area contributed by atoms with Gasteiger partial charge in [-0.2, -0.15) is 0 Å². The number of benzene rings is 1. The number of carbonyl (C=O) groups is 1. The van der Waals surface area contributed by atoms with E-state index in [2.05, 4.69) is 17.2 Å². The summed E-state index contributed by atoms with van der Waals surface area (Å²) in [6.07, 6.45) is 1.79. The first-order valence-electron chi connectivity index (χ1n) is 7.82. The summed E-state index contributed by atoms with van der Waals surface area (Å²) in [7, 11) is 0. The summed E-state index contributed by atoms with van der Waals surface area (Å²) < 4.78 is 0. The van der Waals surface area contributed by atoms with Crippen molar-refractivity contribution in [3.8, 4) is 0 Å². The van der Waals surface area contributed by atoms with Crippen molar-refractivity contribution in [2.24, 2.45) is 0 Å². The average Bonchev–Trinajstić information content (AvgIpc) is 2.55. The van der Waals surface area contributed by atoms with Gasteiger partial charge in [-0.25, -0.2) is 0 Å². The quantitative estimate of drug-likeness (QED) is 0.839. The number of aromatic amines is 1. The fourth-order valence-corrected chi connectivity index (χ4v) is 3.02. The first-order valence-corrected chi connectivity index (χ1v) is 7.82. The number of pyridine rings is 1. The summed E-state index contributed by atoms with van der Waals surface area (Å²) >= 11 is 0. The molecule has 0 fully saturated rings. The van der Waals surface area contributed by atoms with E-state index in [4.69, 9.17) is 0 Å². The van der Waals surface area contributed by atoms with E-state index < -0.39 is 0 Å². The highest BCUT2D eigenvalue weighted by Crippen LogP contribution is 2.23. The first-order chi connectivity index (χ1) is 10.7. The van der Waals surface area contributed by atoms with Crippen LogP contribution in [-0.4, -0.2) is 35.4 Å². The predicted molar refractivity (Wildman–Crippen MR) is 86.9 cm³/mol. The molecule has 2 N–H and O–H groups in total. The molecule has 0 radical (unpaired) electrons. The lowest BCUT2D eigenvalue weighted by Crippen LogP contribution is -2.42. The van der Waals surface area contributed by atoms with Crippen LogP contribution >= 0.6 is 0 Å². The lowest BCUT2D eigenvalue weighted by atomic mass is 9.98. The number of hydrogen-bond acceptors (Lipinski definition) is 3. The van der Waals surface area contributed by atoms with Crippen LogP contribution in [0.15, 0.2) is 29.1 Å². The Morgan fingerprint density at radius 3 is 2.86 bits per heavy atom. The third-order valence-electron chi connectivity index (χ3n) is 4.16. The molecule has 0 aliphatic carbocycles. The Morgan fingerprint density at radius 2 is 2.09 bits per heavy atom. The van der Waals surface area contributed by atoms with Crippen LogP contribution in [-0.2, 0) is 17.8 Å². The molecule has 1 aromatic heterocycles. The van der Waals surface area contributed by atoms with E-state index >= 15 is 0 Å². The lowest BCUT2D eigenvalue weighted by Gasteiger charge is -2.29. The van der Waals surface area contributed by atoms with Crippen molar-refractivity contribution in [3.05, 3.63) is 45.9 Å². The van der Waals surface area contributed by atoms with Gasteiger partial charge in [0.2, 0.25) is 5.91 Å². The maximum Gasteiger partial charge on any atom is 0.256 e. The summed E-state index contributed by atoms with van der Waals surface area (Å²) in [5.41, 5.74) is 1.97. The molecule has 1 aromatic carbocycles. The Hall–Kier alpha value is -2.14. The second-order valence-electron chi connectivity index (χ2n) is 5.70. The minimum absolute atomic E-state index is 0.0762. The largest absolute Gasteiger partial charge is 0.335 e. The molecule has 1 aliphatic heterocycles. The van der Waals surface area contributed by atoms with E-state index in [1.54, 1.807) is 0 Å². The smallest absolute Gasteiger partial charge is 0.256 e. The number of hydrogen-bond donors (Lipinski definition) is 2. The summed E-state index contributed by atoms with van der Waals surface area (Å²) in [5.74, 6) is 0.0908. The number of fused-ring (bicyclic) bond motifs is 3. The van der Waals surface area contributed by atoms with E-state index in [0.29, 0.717) is 19.6 Å². The highest BCUT2D eigenvalue weighted by Gasteiger charge is 2.23. The zero-order chi connectivity index (χ0) is 15.5. The predicted octanol–water partition coefficient (Wildman–Crippen LogP) is 1.41. The fourth-order valence-electron chi connectivity index (χ4n) is 3.02. The summed E-state index contributed by atoms with van der Waals surface area (Å²) in [6.45, 7) is 4.47. The molecule has 1 amide bonds. The second-order valence-corrected chi connectivity index (χ2v) is 5.70. The lowest BCUT2D eigenvalue weighted by molar-refractivity contribution is -0.131. The van der Waals surface area contributed by atoms with Gasteiger partial charge in [-0.3, -0.25) is 9.59 Å². The van der Waals surface area contributed by atoms with Crippen LogP contribution in [0.4, 0.5) is 0 Å². The van der Waals surface area contributed by atoms with Crippen molar-refractivity contribution < 1.29 is 4.79 Å². The molecule has 5 heteroatoms. The molecule has 5 nitrogen and oxygen atoms in total. The van der Waals surface area contributed by atoms with Gasteiger partial charge in [0.25, 0.3) is 5.56 Å². The number of nitrogens with one attached hydrogen (secondary N) is 2. The molecule has 0 atom stereocenters. The molecule has 2 aromatic rings. The highest BCUT2D eigenvalue weighted by molar-refractivity contribution is 5.86. The standard InChI is InChI=1S/C17H21N3O2/c1-2-8-18-10-16(21)20-9-7-13-12-5-3-4-6-14(12)17(22)19-15(13)11-20/h3-6,18H,2,7-11H2,1H3,(H,19,22). The van der Waals surface area contributed by atoms with Crippen molar-refractivity contribution in [2.75, 3.05) is 19.6 Å². The Kier molecular flexibility index (Phi) is 4.24. The topological polar surface area (TPSA) is 65.2 Å². The number of carbonyl (C=O) groups excluding carboxylic acids is 1. The molecule has 116 valence electrons. The molecule has 0 bridgehead atoms. The number of nitrogens with zero attached hydrogens (tertiary/aromatic N) is 1. The number of aromatic nitrogens is 1. The van der Waals surface area contributed by atoms with Gasteiger partial charge in [-0.05, 0) is 36.4 Å². The normalized spacial score (nSPS) is 14.1. The minimum atomic E-state index is -0.0762. The van der Waals surface area contributed by atoms with Crippen molar-refractivity contribution in [2.45, 2.75) is 26.3 Å². The Morgan fingerprint density at radius 1 is 1.32 bits per heavy atom. The van der Waals surface area contributed by atoms with Gasteiger partial charge >= 0.3 is 0 Å². The first kappa shape index (κ1) is 14.8. The maximum atomic E-state index is 12.2. The highest BCUT2D eigenvalue weighted by atomic mass is 16.2. The number of rotatable bonds is 4. The zero-order valence-corrected chi connectivity index (χ0v) is 12.8. The Bertz CT molecular complexity index is 751.